The third kappa shape index (κ3) is 4.73. The number of sulfonamides is 1. The second-order valence-corrected chi connectivity index (χ2v) is 10.8. The number of carbonyl (C=O) groups is 2. The fourth-order valence-corrected chi connectivity index (χ4v) is 6.15. The Kier molecular flexibility index (Phi) is 7.16. The van der Waals surface area contributed by atoms with Crippen LogP contribution in [0.2, 0.25) is 0 Å². The van der Waals surface area contributed by atoms with Crippen molar-refractivity contribution in [1.29, 1.82) is 0 Å². The number of anilines is 1. The summed E-state index contributed by atoms with van der Waals surface area (Å²) in [6.45, 7) is 1.90. The molecule has 0 aliphatic heterocycles. The van der Waals surface area contributed by atoms with Crippen LogP contribution in [-0.2, 0) is 19.6 Å². The highest BCUT2D eigenvalue weighted by molar-refractivity contribution is 7.92. The van der Waals surface area contributed by atoms with Crippen molar-refractivity contribution < 1.29 is 22.7 Å². The van der Waals surface area contributed by atoms with E-state index in [1.165, 1.54) is 28.7 Å². The third-order valence-electron chi connectivity index (χ3n) is 6.64. The Morgan fingerprint density at radius 2 is 1.72 bits per heavy atom. The minimum atomic E-state index is -3.99. The first-order valence-electron chi connectivity index (χ1n) is 12.0. The van der Waals surface area contributed by atoms with Crippen LogP contribution in [0.4, 0.5) is 5.69 Å². The zero-order valence-corrected chi connectivity index (χ0v) is 20.8. The molecule has 10 heteroatoms. The van der Waals surface area contributed by atoms with Crippen LogP contribution in [0.3, 0.4) is 0 Å². The highest BCUT2D eigenvalue weighted by atomic mass is 32.2. The zero-order chi connectivity index (χ0) is 25.9. The van der Waals surface area contributed by atoms with E-state index in [-0.39, 0.29) is 22.4 Å². The molecular weight excluding hydrogens is 482 g/mol. The molecule has 1 fully saturated rings. The minimum absolute atomic E-state index is 0.0173. The number of hydrogen-bond acceptors (Lipinski definition) is 6. The van der Waals surface area contributed by atoms with Gasteiger partial charge >= 0.3 is 5.97 Å². The van der Waals surface area contributed by atoms with Gasteiger partial charge in [0.2, 0.25) is 5.43 Å². The Labute approximate surface area is 209 Å². The highest BCUT2D eigenvalue weighted by Gasteiger charge is 2.41. The molecule has 190 valence electrons. The number of benzene rings is 2. The van der Waals surface area contributed by atoms with Crippen LogP contribution in [0.5, 0.6) is 0 Å². The largest absolute Gasteiger partial charge is 0.445 e. The average Bonchev–Trinajstić information content (AvgIpc) is 3.11. The normalized spacial score (nSPS) is 15.7. The van der Waals surface area contributed by atoms with Gasteiger partial charge in [0.15, 0.2) is 5.60 Å². The van der Waals surface area contributed by atoms with E-state index in [0.29, 0.717) is 36.9 Å². The number of nitrogens with two attached hydrogens (primary N) is 1. The Hall–Kier alpha value is -3.66. The van der Waals surface area contributed by atoms with E-state index in [2.05, 4.69) is 4.98 Å². The average molecular weight is 512 g/mol. The predicted molar refractivity (Wildman–Crippen MR) is 136 cm³/mol. The third-order valence-corrected chi connectivity index (χ3v) is 8.54. The molecule has 0 bridgehead atoms. The lowest BCUT2D eigenvalue weighted by Gasteiger charge is -2.29. The van der Waals surface area contributed by atoms with Gasteiger partial charge in [-0.25, -0.2) is 13.2 Å². The quantitative estimate of drug-likeness (QED) is 0.368. The summed E-state index contributed by atoms with van der Waals surface area (Å²) in [7, 11) is -3.99. The lowest BCUT2D eigenvalue weighted by atomic mass is 9.93. The molecule has 1 aliphatic carbocycles. The molecule has 0 saturated heterocycles. The van der Waals surface area contributed by atoms with Crippen molar-refractivity contribution in [1.82, 2.24) is 4.98 Å². The van der Waals surface area contributed by atoms with Crippen molar-refractivity contribution in [3.05, 3.63) is 70.5 Å². The molecule has 3 N–H and O–H groups in total. The fourth-order valence-electron chi connectivity index (χ4n) is 4.65. The molecular formula is C26H29N3O6S. The number of fused-ring (bicyclic) bond motifs is 1. The molecule has 9 nitrogen and oxygen atoms in total. The van der Waals surface area contributed by atoms with E-state index in [1.54, 1.807) is 37.3 Å². The van der Waals surface area contributed by atoms with Crippen LogP contribution in [-0.4, -0.2) is 37.4 Å². The number of aromatic nitrogens is 1. The number of esters is 1. The van der Waals surface area contributed by atoms with Crippen LogP contribution < -0.4 is 15.5 Å². The van der Waals surface area contributed by atoms with E-state index >= 15 is 0 Å². The number of pyridine rings is 1. The summed E-state index contributed by atoms with van der Waals surface area (Å²) in [4.78, 5) is 41.4. The molecule has 1 aliphatic rings. The second-order valence-electron chi connectivity index (χ2n) is 8.91. The maximum atomic E-state index is 13.4. The van der Waals surface area contributed by atoms with Gasteiger partial charge in [-0.1, -0.05) is 31.0 Å². The number of primary amides is 1. The summed E-state index contributed by atoms with van der Waals surface area (Å²) in [5.41, 5.74) is 3.99. The first kappa shape index (κ1) is 25.4. The Balaban J connectivity index is 1.73. The SMILES string of the molecule is CCN(c1ccccc1)S(=O)(=O)c1ccc2[nH]cc(C(=O)OC3(C(N)=O)CCCCCC3)c(=O)c2c1. The number of para-hydroxylation sites is 1. The molecule has 0 atom stereocenters. The highest BCUT2D eigenvalue weighted by Crippen LogP contribution is 2.31. The number of amides is 1. The maximum Gasteiger partial charge on any atom is 0.344 e. The van der Waals surface area contributed by atoms with Crippen molar-refractivity contribution in [2.24, 2.45) is 5.73 Å². The Morgan fingerprint density at radius 3 is 2.33 bits per heavy atom. The summed E-state index contributed by atoms with van der Waals surface area (Å²) in [6.07, 6.45) is 4.98. The summed E-state index contributed by atoms with van der Waals surface area (Å²) in [5, 5.41) is 0.0173. The van der Waals surface area contributed by atoms with Crippen molar-refractivity contribution in [2.75, 3.05) is 10.8 Å². The smallest absolute Gasteiger partial charge is 0.344 e. The summed E-state index contributed by atoms with van der Waals surface area (Å²) < 4.78 is 33.7. The van der Waals surface area contributed by atoms with Crippen molar-refractivity contribution >= 4 is 38.5 Å². The summed E-state index contributed by atoms with van der Waals surface area (Å²) in [5.74, 6) is -1.70. The van der Waals surface area contributed by atoms with Crippen LogP contribution in [0.25, 0.3) is 10.9 Å². The fraction of sp³-hybridized carbons (Fsp3) is 0.346. The summed E-state index contributed by atoms with van der Waals surface area (Å²) in [6, 6.07) is 12.8. The Bertz CT molecular complexity index is 1440. The van der Waals surface area contributed by atoms with E-state index in [4.69, 9.17) is 10.5 Å². The molecule has 36 heavy (non-hydrogen) atoms. The zero-order valence-electron chi connectivity index (χ0n) is 20.0. The van der Waals surface area contributed by atoms with Gasteiger partial charge in [-0.2, -0.15) is 0 Å². The number of aromatic amines is 1. The van der Waals surface area contributed by atoms with Crippen molar-refractivity contribution in [3.8, 4) is 0 Å². The van der Waals surface area contributed by atoms with Crippen molar-refractivity contribution in [3.63, 3.8) is 0 Å². The van der Waals surface area contributed by atoms with Gasteiger partial charge in [0.05, 0.1) is 10.6 Å². The van der Waals surface area contributed by atoms with E-state index in [0.717, 1.165) is 12.8 Å². The van der Waals surface area contributed by atoms with Crippen LogP contribution >= 0.6 is 0 Å². The number of hydrogen-bond donors (Lipinski definition) is 2. The first-order valence-corrected chi connectivity index (χ1v) is 13.4. The molecule has 1 amide bonds. The molecule has 0 unspecified atom stereocenters. The first-order chi connectivity index (χ1) is 17.2. The monoisotopic (exact) mass is 511 g/mol. The second kappa shape index (κ2) is 10.1. The number of carbonyl (C=O) groups excluding carboxylic acids is 2. The lowest BCUT2D eigenvalue weighted by Crippen LogP contribution is -2.47. The minimum Gasteiger partial charge on any atom is -0.445 e. The summed E-state index contributed by atoms with van der Waals surface area (Å²) >= 11 is 0. The van der Waals surface area contributed by atoms with Gasteiger partial charge in [0.25, 0.3) is 15.9 Å². The topological polar surface area (TPSA) is 140 Å². The molecule has 1 heterocycles. The van der Waals surface area contributed by atoms with Crippen molar-refractivity contribution in [2.45, 2.75) is 55.9 Å². The van der Waals surface area contributed by atoms with Crippen LogP contribution in [0.15, 0.2) is 64.4 Å². The van der Waals surface area contributed by atoms with E-state index in [9.17, 15) is 22.8 Å². The molecule has 0 radical (unpaired) electrons. The van der Waals surface area contributed by atoms with Gasteiger partial charge < -0.3 is 15.5 Å². The lowest BCUT2D eigenvalue weighted by molar-refractivity contribution is -0.138. The van der Waals surface area contributed by atoms with Gasteiger partial charge in [-0.3, -0.25) is 13.9 Å². The molecule has 2 aromatic carbocycles. The number of ether oxygens (including phenoxy) is 1. The van der Waals surface area contributed by atoms with Gasteiger partial charge in [-0.15, -0.1) is 0 Å². The molecule has 1 aromatic heterocycles. The molecule has 0 spiro atoms. The molecule has 1 saturated carbocycles. The Morgan fingerprint density at radius 1 is 1.06 bits per heavy atom. The molecule has 4 rings (SSSR count). The standard InChI is InChI=1S/C26H29N3O6S/c1-2-29(18-10-6-5-7-11-18)36(33,34)19-12-13-22-20(16-19)23(30)21(17-28-22)24(31)35-26(25(27)32)14-8-3-4-9-15-26/h5-7,10-13,16-17H,2-4,8-9,14-15H2,1H3,(H2,27,32)(H,28,30). The van der Waals surface area contributed by atoms with Crippen LogP contribution in [0.1, 0.15) is 55.8 Å². The number of rotatable bonds is 7. The maximum absolute atomic E-state index is 13.4. The number of nitrogens with one attached hydrogen (secondary N) is 1. The van der Waals surface area contributed by atoms with E-state index < -0.39 is 32.9 Å². The van der Waals surface area contributed by atoms with Gasteiger partial charge in [0.1, 0.15) is 5.56 Å². The van der Waals surface area contributed by atoms with E-state index in [1.807, 2.05) is 0 Å². The molecule has 3 aromatic rings. The van der Waals surface area contributed by atoms with Gasteiger partial charge in [-0.05, 0) is 62.9 Å². The van der Waals surface area contributed by atoms with Crippen LogP contribution in [0, 0.1) is 0 Å². The number of H-pyrrole nitrogens is 1. The number of nitrogens with zero attached hydrogens (tertiary/aromatic N) is 1. The predicted octanol–water partition coefficient (Wildman–Crippen LogP) is 3.48. The van der Waals surface area contributed by atoms with Gasteiger partial charge in [0, 0.05) is 23.6 Å².